The lowest BCUT2D eigenvalue weighted by Gasteiger charge is -2.57. The van der Waals surface area contributed by atoms with Gasteiger partial charge >= 0.3 is 0 Å². The lowest BCUT2D eigenvalue weighted by molar-refractivity contribution is -0.313. The van der Waals surface area contributed by atoms with E-state index in [1.54, 1.807) is 0 Å². The monoisotopic (exact) mass is 250 g/mol. The molecule has 18 heavy (non-hydrogen) atoms. The molecule has 0 N–H and O–H groups in total. The van der Waals surface area contributed by atoms with E-state index in [1.807, 2.05) is 13.8 Å². The van der Waals surface area contributed by atoms with Crippen molar-refractivity contribution in [2.45, 2.75) is 58.7 Å². The Morgan fingerprint density at radius 3 is 2.28 bits per heavy atom. The van der Waals surface area contributed by atoms with E-state index in [2.05, 4.69) is 19.1 Å². The highest BCUT2D eigenvalue weighted by molar-refractivity contribution is 5.15. The fourth-order valence-electron chi connectivity index (χ4n) is 4.38. The van der Waals surface area contributed by atoms with Gasteiger partial charge in [0, 0.05) is 5.41 Å². The smallest absolute Gasteiger partial charge is 0.162 e. The van der Waals surface area contributed by atoms with Crippen LogP contribution in [0.3, 0.4) is 0 Å². The molecule has 1 saturated carbocycles. The molecule has 1 aliphatic heterocycles. The number of allylic oxidation sites excluding steroid dienone is 2. The molecule has 1 saturated heterocycles. The van der Waals surface area contributed by atoms with Crippen molar-refractivity contribution >= 4 is 0 Å². The van der Waals surface area contributed by atoms with Crippen LogP contribution in [0.5, 0.6) is 0 Å². The van der Waals surface area contributed by atoms with E-state index >= 15 is 0 Å². The molecule has 0 aromatic carbocycles. The van der Waals surface area contributed by atoms with Crippen LogP contribution in [0, 0.1) is 16.7 Å². The number of fused-ring (bicyclic) bond motifs is 1. The summed E-state index contributed by atoms with van der Waals surface area (Å²) < 4.78 is 12.1. The van der Waals surface area contributed by atoms with Crippen molar-refractivity contribution in [1.82, 2.24) is 0 Å². The van der Waals surface area contributed by atoms with Crippen LogP contribution in [0.15, 0.2) is 12.2 Å². The molecule has 2 aliphatic carbocycles. The minimum Gasteiger partial charge on any atom is -0.350 e. The summed E-state index contributed by atoms with van der Waals surface area (Å²) in [6, 6.07) is 0. The lowest BCUT2D eigenvalue weighted by atomic mass is 9.53. The van der Waals surface area contributed by atoms with Gasteiger partial charge in [-0.1, -0.05) is 31.9 Å². The van der Waals surface area contributed by atoms with Gasteiger partial charge in [0.1, 0.15) is 0 Å². The molecule has 3 aliphatic rings. The second-order valence-corrected chi connectivity index (χ2v) is 7.04. The Morgan fingerprint density at radius 1 is 1.06 bits per heavy atom. The molecule has 0 aromatic rings. The SMILES string of the molecule is CC1C=CCC2(CCCC2)C12COC(C)(C)OC2. The molecular formula is C16H26O2. The van der Waals surface area contributed by atoms with Crippen LogP contribution < -0.4 is 0 Å². The molecule has 1 unspecified atom stereocenters. The van der Waals surface area contributed by atoms with Crippen LogP contribution in [0.2, 0.25) is 0 Å². The average molecular weight is 250 g/mol. The molecule has 102 valence electrons. The molecule has 0 amide bonds. The van der Waals surface area contributed by atoms with Crippen LogP contribution in [0.1, 0.15) is 52.9 Å². The van der Waals surface area contributed by atoms with E-state index in [0.717, 1.165) is 13.2 Å². The van der Waals surface area contributed by atoms with Crippen molar-refractivity contribution in [3.63, 3.8) is 0 Å². The molecule has 0 aromatic heterocycles. The second kappa shape index (κ2) is 4.08. The maximum Gasteiger partial charge on any atom is 0.162 e. The van der Waals surface area contributed by atoms with Crippen molar-refractivity contribution in [2.24, 2.45) is 16.7 Å². The summed E-state index contributed by atoms with van der Waals surface area (Å²) in [5.74, 6) is 0.173. The summed E-state index contributed by atoms with van der Waals surface area (Å²) in [6.45, 7) is 8.15. The van der Waals surface area contributed by atoms with E-state index in [0.29, 0.717) is 11.3 Å². The third-order valence-electron chi connectivity index (χ3n) is 5.78. The van der Waals surface area contributed by atoms with Gasteiger partial charge in [-0.25, -0.2) is 0 Å². The first-order chi connectivity index (χ1) is 8.50. The molecule has 2 spiro atoms. The lowest BCUT2D eigenvalue weighted by Crippen LogP contribution is -2.58. The number of hydrogen-bond donors (Lipinski definition) is 0. The van der Waals surface area contributed by atoms with E-state index < -0.39 is 5.79 Å². The summed E-state index contributed by atoms with van der Waals surface area (Å²) in [4.78, 5) is 0. The molecular weight excluding hydrogens is 224 g/mol. The van der Waals surface area contributed by atoms with E-state index in [-0.39, 0.29) is 5.41 Å². The Labute approximate surface area is 111 Å². The number of hydrogen-bond acceptors (Lipinski definition) is 2. The highest BCUT2D eigenvalue weighted by atomic mass is 16.7. The highest BCUT2D eigenvalue weighted by Gasteiger charge is 2.58. The third kappa shape index (κ3) is 1.69. The molecule has 1 heterocycles. The number of rotatable bonds is 0. The van der Waals surface area contributed by atoms with Crippen molar-refractivity contribution in [2.75, 3.05) is 13.2 Å². The van der Waals surface area contributed by atoms with Gasteiger partial charge in [-0.05, 0) is 44.4 Å². The van der Waals surface area contributed by atoms with Gasteiger partial charge in [-0.3, -0.25) is 0 Å². The van der Waals surface area contributed by atoms with Crippen LogP contribution in [0.25, 0.3) is 0 Å². The Hall–Kier alpha value is -0.340. The quantitative estimate of drug-likeness (QED) is 0.607. The predicted octanol–water partition coefficient (Wildman–Crippen LogP) is 3.91. The van der Waals surface area contributed by atoms with Gasteiger partial charge < -0.3 is 9.47 Å². The Bertz CT molecular complexity index is 340. The largest absolute Gasteiger partial charge is 0.350 e. The first-order valence-electron chi connectivity index (χ1n) is 7.44. The summed E-state index contributed by atoms with van der Waals surface area (Å²) in [5.41, 5.74) is 0.658. The first-order valence-corrected chi connectivity index (χ1v) is 7.44. The topological polar surface area (TPSA) is 18.5 Å². The second-order valence-electron chi connectivity index (χ2n) is 7.04. The Morgan fingerprint density at radius 2 is 1.67 bits per heavy atom. The molecule has 0 radical (unpaired) electrons. The van der Waals surface area contributed by atoms with Crippen molar-refractivity contribution in [3.8, 4) is 0 Å². The Balaban J connectivity index is 1.93. The summed E-state index contributed by atoms with van der Waals surface area (Å²) in [6.07, 6.45) is 11.5. The minimum atomic E-state index is -0.397. The van der Waals surface area contributed by atoms with Crippen LogP contribution in [0.4, 0.5) is 0 Å². The number of ether oxygens (including phenoxy) is 2. The molecule has 3 rings (SSSR count). The van der Waals surface area contributed by atoms with Crippen LogP contribution >= 0.6 is 0 Å². The zero-order valence-electron chi connectivity index (χ0n) is 12.0. The van der Waals surface area contributed by atoms with Gasteiger partial charge in [0.2, 0.25) is 0 Å². The van der Waals surface area contributed by atoms with E-state index in [4.69, 9.17) is 9.47 Å². The van der Waals surface area contributed by atoms with Crippen LogP contribution in [-0.2, 0) is 9.47 Å². The summed E-state index contributed by atoms with van der Waals surface area (Å²) >= 11 is 0. The summed E-state index contributed by atoms with van der Waals surface area (Å²) in [5, 5.41) is 0. The highest BCUT2D eigenvalue weighted by Crippen LogP contribution is 2.61. The van der Waals surface area contributed by atoms with Crippen molar-refractivity contribution in [1.29, 1.82) is 0 Å². The van der Waals surface area contributed by atoms with Gasteiger partial charge in [0.15, 0.2) is 5.79 Å². The van der Waals surface area contributed by atoms with Crippen molar-refractivity contribution in [3.05, 3.63) is 12.2 Å². The standard InChI is InChI=1S/C16H26O2/c1-13-7-6-10-15(8-4-5-9-15)16(13)11-17-14(2,3)18-12-16/h6-7,13H,4-5,8-12H2,1-3H3. The first kappa shape index (κ1) is 12.7. The van der Waals surface area contributed by atoms with Gasteiger partial charge in [0.25, 0.3) is 0 Å². The summed E-state index contributed by atoms with van der Waals surface area (Å²) in [7, 11) is 0. The van der Waals surface area contributed by atoms with Crippen LogP contribution in [-0.4, -0.2) is 19.0 Å². The third-order valence-corrected chi connectivity index (χ3v) is 5.78. The molecule has 0 bridgehead atoms. The van der Waals surface area contributed by atoms with E-state index in [1.165, 1.54) is 32.1 Å². The average Bonchev–Trinajstić information content (AvgIpc) is 2.78. The zero-order chi connectivity index (χ0) is 12.9. The molecule has 2 nitrogen and oxygen atoms in total. The molecule has 2 fully saturated rings. The van der Waals surface area contributed by atoms with E-state index in [9.17, 15) is 0 Å². The maximum atomic E-state index is 6.06. The van der Waals surface area contributed by atoms with Gasteiger partial charge in [0.05, 0.1) is 13.2 Å². The minimum absolute atomic E-state index is 0.216. The van der Waals surface area contributed by atoms with Crippen molar-refractivity contribution < 1.29 is 9.47 Å². The Kier molecular flexibility index (Phi) is 2.87. The zero-order valence-corrected chi connectivity index (χ0v) is 12.0. The predicted molar refractivity (Wildman–Crippen MR) is 72.2 cm³/mol. The van der Waals surface area contributed by atoms with Gasteiger partial charge in [-0.15, -0.1) is 0 Å². The maximum absolute atomic E-state index is 6.06. The normalized spacial score (nSPS) is 36.3. The molecule has 2 heteroatoms. The fourth-order valence-corrected chi connectivity index (χ4v) is 4.38. The molecule has 1 atom stereocenters. The fraction of sp³-hybridized carbons (Fsp3) is 0.875. The van der Waals surface area contributed by atoms with Gasteiger partial charge in [-0.2, -0.15) is 0 Å².